The molecule has 0 atom stereocenters. The van der Waals surface area contributed by atoms with Gasteiger partial charge < -0.3 is 19.9 Å². The van der Waals surface area contributed by atoms with Gasteiger partial charge in [-0.3, -0.25) is 0 Å². The molecule has 0 aromatic heterocycles. The van der Waals surface area contributed by atoms with E-state index in [4.69, 9.17) is 9.47 Å². The highest BCUT2D eigenvalue weighted by Crippen LogP contribution is 2.27. The Balaban J connectivity index is 1.97. The standard InChI is InChI=1S/C17H21NO3/c1-20-16-8-7-13(9-17(16)21-2)10-18-11-14-5-3-4-6-15(14)12-19/h3-9,18-19H,10-12H2,1-2H3. The highest BCUT2D eigenvalue weighted by Gasteiger charge is 2.05. The van der Waals surface area contributed by atoms with Crippen LogP contribution in [0, 0.1) is 0 Å². The molecule has 0 saturated carbocycles. The first kappa shape index (κ1) is 15.4. The van der Waals surface area contributed by atoms with Crippen LogP contribution in [0.4, 0.5) is 0 Å². The molecular formula is C17H21NO3. The zero-order valence-corrected chi connectivity index (χ0v) is 12.4. The van der Waals surface area contributed by atoms with Crippen molar-refractivity contribution in [3.63, 3.8) is 0 Å². The molecule has 2 aromatic carbocycles. The first-order valence-corrected chi connectivity index (χ1v) is 6.87. The first-order chi connectivity index (χ1) is 10.3. The monoisotopic (exact) mass is 287 g/mol. The number of rotatable bonds is 7. The maximum atomic E-state index is 9.30. The minimum atomic E-state index is 0.0637. The van der Waals surface area contributed by atoms with E-state index in [0.29, 0.717) is 6.54 Å². The summed E-state index contributed by atoms with van der Waals surface area (Å²) in [5.41, 5.74) is 3.19. The Morgan fingerprint density at radius 2 is 1.62 bits per heavy atom. The lowest BCUT2D eigenvalue weighted by Crippen LogP contribution is -2.14. The van der Waals surface area contributed by atoms with Gasteiger partial charge in [-0.05, 0) is 28.8 Å². The SMILES string of the molecule is COc1ccc(CNCc2ccccc2CO)cc1OC. The van der Waals surface area contributed by atoms with Crippen molar-refractivity contribution in [3.8, 4) is 11.5 Å². The molecule has 0 fully saturated rings. The van der Waals surface area contributed by atoms with Crippen molar-refractivity contribution in [1.29, 1.82) is 0 Å². The molecule has 0 saturated heterocycles. The van der Waals surface area contributed by atoms with Crippen LogP contribution in [-0.4, -0.2) is 19.3 Å². The lowest BCUT2D eigenvalue weighted by Gasteiger charge is -2.11. The average molecular weight is 287 g/mol. The second-order valence-electron chi connectivity index (χ2n) is 4.72. The predicted molar refractivity (Wildman–Crippen MR) is 82.5 cm³/mol. The molecule has 0 aliphatic carbocycles. The number of ether oxygens (including phenoxy) is 2. The maximum absolute atomic E-state index is 9.30. The molecule has 4 heteroatoms. The maximum Gasteiger partial charge on any atom is 0.161 e. The zero-order chi connectivity index (χ0) is 15.1. The average Bonchev–Trinajstić information content (AvgIpc) is 2.55. The summed E-state index contributed by atoms with van der Waals surface area (Å²) in [5, 5.41) is 12.7. The fourth-order valence-corrected chi connectivity index (χ4v) is 2.22. The van der Waals surface area contributed by atoms with Gasteiger partial charge >= 0.3 is 0 Å². The van der Waals surface area contributed by atoms with Gasteiger partial charge in [0.1, 0.15) is 0 Å². The molecule has 4 nitrogen and oxygen atoms in total. The summed E-state index contributed by atoms with van der Waals surface area (Å²) in [5.74, 6) is 1.46. The van der Waals surface area contributed by atoms with E-state index in [1.807, 2.05) is 42.5 Å². The Labute approximate surface area is 125 Å². The van der Waals surface area contributed by atoms with E-state index in [0.717, 1.165) is 34.7 Å². The van der Waals surface area contributed by atoms with Gasteiger partial charge in [0.05, 0.1) is 20.8 Å². The van der Waals surface area contributed by atoms with E-state index in [1.165, 1.54) is 0 Å². The van der Waals surface area contributed by atoms with Gasteiger partial charge in [0.15, 0.2) is 11.5 Å². The van der Waals surface area contributed by atoms with E-state index in [2.05, 4.69) is 5.32 Å². The predicted octanol–water partition coefficient (Wildman–Crippen LogP) is 2.49. The van der Waals surface area contributed by atoms with E-state index in [-0.39, 0.29) is 6.61 Å². The minimum Gasteiger partial charge on any atom is -0.493 e. The molecule has 0 bridgehead atoms. The Morgan fingerprint density at radius 3 is 2.29 bits per heavy atom. The van der Waals surface area contributed by atoms with Crippen molar-refractivity contribution in [2.24, 2.45) is 0 Å². The van der Waals surface area contributed by atoms with Crippen molar-refractivity contribution in [3.05, 3.63) is 59.2 Å². The number of hydrogen-bond acceptors (Lipinski definition) is 4. The van der Waals surface area contributed by atoms with Gasteiger partial charge in [-0.2, -0.15) is 0 Å². The molecule has 0 amide bonds. The number of hydrogen-bond donors (Lipinski definition) is 2. The van der Waals surface area contributed by atoms with Crippen molar-refractivity contribution >= 4 is 0 Å². The van der Waals surface area contributed by atoms with Crippen LogP contribution in [0.5, 0.6) is 11.5 Å². The fraction of sp³-hybridized carbons (Fsp3) is 0.294. The fourth-order valence-electron chi connectivity index (χ4n) is 2.22. The first-order valence-electron chi connectivity index (χ1n) is 6.87. The van der Waals surface area contributed by atoms with Crippen molar-refractivity contribution < 1.29 is 14.6 Å². The van der Waals surface area contributed by atoms with Crippen LogP contribution < -0.4 is 14.8 Å². The van der Waals surface area contributed by atoms with Crippen LogP contribution in [0.1, 0.15) is 16.7 Å². The Hall–Kier alpha value is -2.04. The highest BCUT2D eigenvalue weighted by molar-refractivity contribution is 5.42. The number of nitrogens with one attached hydrogen (secondary N) is 1. The van der Waals surface area contributed by atoms with Gasteiger partial charge in [-0.15, -0.1) is 0 Å². The molecule has 0 radical (unpaired) electrons. The number of aliphatic hydroxyl groups excluding tert-OH is 1. The molecule has 0 unspecified atom stereocenters. The molecule has 0 aliphatic heterocycles. The van der Waals surface area contributed by atoms with Crippen molar-refractivity contribution in [2.75, 3.05) is 14.2 Å². The van der Waals surface area contributed by atoms with Crippen molar-refractivity contribution in [1.82, 2.24) is 5.32 Å². The third-order valence-corrected chi connectivity index (χ3v) is 3.38. The largest absolute Gasteiger partial charge is 0.493 e. The number of methoxy groups -OCH3 is 2. The van der Waals surface area contributed by atoms with E-state index in [1.54, 1.807) is 14.2 Å². The molecule has 0 aliphatic rings. The van der Waals surface area contributed by atoms with Crippen LogP contribution in [0.3, 0.4) is 0 Å². The Morgan fingerprint density at radius 1 is 0.905 bits per heavy atom. The molecule has 21 heavy (non-hydrogen) atoms. The van der Waals surface area contributed by atoms with Crippen LogP contribution in [0.25, 0.3) is 0 Å². The molecule has 0 heterocycles. The molecule has 2 N–H and O–H groups in total. The quantitative estimate of drug-likeness (QED) is 0.821. The van der Waals surface area contributed by atoms with Gasteiger partial charge in [0.2, 0.25) is 0 Å². The van der Waals surface area contributed by atoms with E-state index >= 15 is 0 Å². The van der Waals surface area contributed by atoms with Crippen LogP contribution in [0.15, 0.2) is 42.5 Å². The van der Waals surface area contributed by atoms with E-state index in [9.17, 15) is 5.11 Å². The highest BCUT2D eigenvalue weighted by atomic mass is 16.5. The second kappa shape index (κ2) is 7.67. The lowest BCUT2D eigenvalue weighted by atomic mass is 10.1. The summed E-state index contributed by atoms with van der Waals surface area (Å²) < 4.78 is 10.5. The summed E-state index contributed by atoms with van der Waals surface area (Å²) in [6.07, 6.45) is 0. The van der Waals surface area contributed by atoms with Crippen LogP contribution >= 0.6 is 0 Å². The summed E-state index contributed by atoms with van der Waals surface area (Å²) in [6, 6.07) is 13.7. The lowest BCUT2D eigenvalue weighted by molar-refractivity contribution is 0.280. The molecule has 2 rings (SSSR count). The zero-order valence-electron chi connectivity index (χ0n) is 12.4. The molecular weight excluding hydrogens is 266 g/mol. The summed E-state index contributed by atoms with van der Waals surface area (Å²) in [6.45, 7) is 1.50. The number of benzene rings is 2. The summed E-state index contributed by atoms with van der Waals surface area (Å²) in [7, 11) is 3.26. The molecule has 0 spiro atoms. The Bertz CT molecular complexity index is 584. The van der Waals surface area contributed by atoms with Gasteiger partial charge in [0.25, 0.3) is 0 Å². The van der Waals surface area contributed by atoms with Crippen molar-refractivity contribution in [2.45, 2.75) is 19.7 Å². The third kappa shape index (κ3) is 3.97. The van der Waals surface area contributed by atoms with Crippen LogP contribution in [-0.2, 0) is 19.7 Å². The summed E-state index contributed by atoms with van der Waals surface area (Å²) >= 11 is 0. The topological polar surface area (TPSA) is 50.7 Å². The third-order valence-electron chi connectivity index (χ3n) is 3.38. The Kier molecular flexibility index (Phi) is 5.60. The summed E-state index contributed by atoms with van der Waals surface area (Å²) in [4.78, 5) is 0. The smallest absolute Gasteiger partial charge is 0.161 e. The normalized spacial score (nSPS) is 10.4. The molecule has 112 valence electrons. The van der Waals surface area contributed by atoms with Gasteiger partial charge in [-0.25, -0.2) is 0 Å². The van der Waals surface area contributed by atoms with Gasteiger partial charge in [-0.1, -0.05) is 30.3 Å². The van der Waals surface area contributed by atoms with Gasteiger partial charge in [0, 0.05) is 13.1 Å². The van der Waals surface area contributed by atoms with E-state index < -0.39 is 0 Å². The minimum absolute atomic E-state index is 0.0637. The second-order valence-corrected chi connectivity index (χ2v) is 4.72. The number of aliphatic hydroxyl groups is 1. The molecule has 2 aromatic rings. The van der Waals surface area contributed by atoms with Crippen LogP contribution in [0.2, 0.25) is 0 Å².